The van der Waals surface area contributed by atoms with Gasteiger partial charge in [0.1, 0.15) is 0 Å². The maximum atomic E-state index is 10.8. The summed E-state index contributed by atoms with van der Waals surface area (Å²) in [5, 5.41) is 16.4. The molecule has 0 saturated heterocycles. The number of hydrogen-bond acceptors (Lipinski definition) is 3. The summed E-state index contributed by atoms with van der Waals surface area (Å²) in [5.74, 6) is -0.920. The van der Waals surface area contributed by atoms with Crippen molar-refractivity contribution in [3.8, 4) is 0 Å². The molecule has 2 N–H and O–H groups in total. The number of nitrogens with one attached hydrogen (secondary N) is 1. The van der Waals surface area contributed by atoms with Crippen molar-refractivity contribution >= 4 is 38.9 Å². The van der Waals surface area contributed by atoms with Gasteiger partial charge in [-0.1, -0.05) is 0 Å². The average Bonchev–Trinajstić information content (AvgIpc) is 2.73. The first kappa shape index (κ1) is 13.1. The van der Waals surface area contributed by atoms with Gasteiger partial charge in [-0.3, -0.25) is 0 Å². The van der Waals surface area contributed by atoms with Crippen LogP contribution in [0.4, 0.5) is 5.69 Å². The predicted octanol–water partition coefficient (Wildman–Crippen LogP) is 4.13. The molecule has 0 radical (unpaired) electrons. The first-order valence-electron chi connectivity index (χ1n) is 5.36. The molecule has 3 nitrogen and oxygen atoms in total. The molecule has 0 unspecified atom stereocenters. The SMILES string of the molecule is Cc1cscc1CNc1ccc(C(=O)O)cc1Br. The molecule has 0 aliphatic heterocycles. The Balaban J connectivity index is 2.11. The Morgan fingerprint density at radius 3 is 2.78 bits per heavy atom. The van der Waals surface area contributed by atoms with Crippen molar-refractivity contribution in [3.05, 3.63) is 50.1 Å². The maximum absolute atomic E-state index is 10.8. The Bertz CT molecular complexity index is 580. The van der Waals surface area contributed by atoms with E-state index in [0.29, 0.717) is 0 Å². The topological polar surface area (TPSA) is 49.3 Å². The first-order chi connectivity index (χ1) is 8.58. The van der Waals surface area contributed by atoms with Crippen LogP contribution in [-0.4, -0.2) is 11.1 Å². The quantitative estimate of drug-likeness (QED) is 0.888. The second-order valence-corrected chi connectivity index (χ2v) is 5.53. The van der Waals surface area contributed by atoms with Crippen molar-refractivity contribution in [2.45, 2.75) is 13.5 Å². The number of carboxylic acids is 1. The number of aromatic carboxylic acids is 1. The lowest BCUT2D eigenvalue weighted by Crippen LogP contribution is -2.02. The lowest BCUT2D eigenvalue weighted by atomic mass is 10.2. The first-order valence-corrected chi connectivity index (χ1v) is 7.10. The van der Waals surface area contributed by atoms with Gasteiger partial charge in [-0.15, -0.1) is 0 Å². The van der Waals surface area contributed by atoms with E-state index in [0.717, 1.165) is 16.7 Å². The number of hydrogen-bond donors (Lipinski definition) is 2. The molecule has 0 amide bonds. The number of benzene rings is 1. The molecular weight excluding hydrogens is 314 g/mol. The van der Waals surface area contributed by atoms with Crippen molar-refractivity contribution in [3.63, 3.8) is 0 Å². The normalized spacial score (nSPS) is 10.3. The number of rotatable bonds is 4. The Labute approximate surface area is 118 Å². The summed E-state index contributed by atoms with van der Waals surface area (Å²) >= 11 is 5.06. The zero-order valence-corrected chi connectivity index (χ0v) is 12.1. The van der Waals surface area contributed by atoms with Crippen LogP contribution in [0.1, 0.15) is 21.5 Å². The monoisotopic (exact) mass is 325 g/mol. The zero-order valence-electron chi connectivity index (χ0n) is 9.74. The van der Waals surface area contributed by atoms with Crippen LogP contribution in [0.2, 0.25) is 0 Å². The van der Waals surface area contributed by atoms with Crippen molar-refractivity contribution in [2.24, 2.45) is 0 Å². The highest BCUT2D eigenvalue weighted by molar-refractivity contribution is 9.10. The zero-order chi connectivity index (χ0) is 13.1. The van der Waals surface area contributed by atoms with Gasteiger partial charge in [0, 0.05) is 16.7 Å². The van der Waals surface area contributed by atoms with Crippen LogP contribution in [0, 0.1) is 6.92 Å². The molecule has 1 aromatic carbocycles. The fraction of sp³-hybridized carbons (Fsp3) is 0.154. The lowest BCUT2D eigenvalue weighted by molar-refractivity contribution is 0.0697. The molecule has 0 spiro atoms. The number of thiophene rings is 1. The van der Waals surface area contributed by atoms with E-state index < -0.39 is 5.97 Å². The fourth-order valence-electron chi connectivity index (χ4n) is 1.55. The summed E-state index contributed by atoms with van der Waals surface area (Å²) in [6.07, 6.45) is 0. The van der Waals surface area contributed by atoms with E-state index in [9.17, 15) is 4.79 Å². The van der Waals surface area contributed by atoms with Crippen molar-refractivity contribution < 1.29 is 9.90 Å². The molecule has 0 fully saturated rings. The van der Waals surface area contributed by atoms with Gasteiger partial charge in [0.05, 0.1) is 5.56 Å². The van der Waals surface area contributed by atoms with E-state index >= 15 is 0 Å². The molecule has 94 valence electrons. The standard InChI is InChI=1S/C13H12BrNO2S/c1-8-6-18-7-10(8)5-15-12-3-2-9(13(16)17)4-11(12)14/h2-4,6-7,15H,5H2,1H3,(H,16,17). The number of anilines is 1. The Hall–Kier alpha value is -1.33. The second-order valence-electron chi connectivity index (χ2n) is 3.93. The van der Waals surface area contributed by atoms with Crippen LogP contribution < -0.4 is 5.32 Å². The van der Waals surface area contributed by atoms with Crippen LogP contribution in [0.5, 0.6) is 0 Å². The summed E-state index contributed by atoms with van der Waals surface area (Å²) in [4.78, 5) is 10.8. The number of carboxylic acid groups (broad SMARTS) is 1. The van der Waals surface area contributed by atoms with Crippen molar-refractivity contribution in [1.29, 1.82) is 0 Å². The number of carbonyl (C=O) groups is 1. The van der Waals surface area contributed by atoms with E-state index in [4.69, 9.17) is 5.11 Å². The van der Waals surface area contributed by atoms with Crippen molar-refractivity contribution in [1.82, 2.24) is 0 Å². The summed E-state index contributed by atoms with van der Waals surface area (Å²) < 4.78 is 0.760. The van der Waals surface area contributed by atoms with Crippen LogP contribution in [0.3, 0.4) is 0 Å². The van der Waals surface area contributed by atoms with E-state index in [1.54, 1.807) is 29.5 Å². The molecule has 0 atom stereocenters. The van der Waals surface area contributed by atoms with E-state index in [2.05, 4.69) is 38.9 Å². The average molecular weight is 326 g/mol. The minimum atomic E-state index is -0.920. The lowest BCUT2D eigenvalue weighted by Gasteiger charge is -2.09. The molecule has 0 aliphatic rings. The highest BCUT2D eigenvalue weighted by Crippen LogP contribution is 2.25. The highest BCUT2D eigenvalue weighted by atomic mass is 79.9. The molecule has 0 saturated carbocycles. The smallest absolute Gasteiger partial charge is 0.335 e. The largest absolute Gasteiger partial charge is 0.478 e. The molecule has 2 rings (SSSR count). The molecule has 1 aromatic heterocycles. The summed E-state index contributed by atoms with van der Waals surface area (Å²) in [7, 11) is 0. The minimum Gasteiger partial charge on any atom is -0.478 e. The van der Waals surface area contributed by atoms with Gasteiger partial charge < -0.3 is 10.4 Å². The highest BCUT2D eigenvalue weighted by Gasteiger charge is 2.07. The fourth-order valence-corrected chi connectivity index (χ4v) is 2.93. The third-order valence-corrected chi connectivity index (χ3v) is 4.21. The van der Waals surface area contributed by atoms with Crippen LogP contribution in [0.15, 0.2) is 33.4 Å². The molecule has 2 aromatic rings. The van der Waals surface area contributed by atoms with Crippen LogP contribution >= 0.6 is 27.3 Å². The summed E-state index contributed by atoms with van der Waals surface area (Å²) in [6, 6.07) is 4.97. The third kappa shape index (κ3) is 2.91. The van der Waals surface area contributed by atoms with Gasteiger partial charge in [0.2, 0.25) is 0 Å². The van der Waals surface area contributed by atoms with Gasteiger partial charge in [0.25, 0.3) is 0 Å². The van der Waals surface area contributed by atoms with E-state index in [1.165, 1.54) is 11.1 Å². The Morgan fingerprint density at radius 2 is 2.22 bits per heavy atom. The van der Waals surface area contributed by atoms with E-state index in [-0.39, 0.29) is 5.56 Å². The van der Waals surface area contributed by atoms with Gasteiger partial charge in [-0.05, 0) is 62.9 Å². The molecular formula is C13H12BrNO2S. The number of halogens is 1. The molecule has 18 heavy (non-hydrogen) atoms. The molecule has 0 aliphatic carbocycles. The second kappa shape index (κ2) is 5.54. The summed E-state index contributed by atoms with van der Waals surface area (Å²) in [5.41, 5.74) is 3.70. The minimum absolute atomic E-state index is 0.277. The van der Waals surface area contributed by atoms with Gasteiger partial charge in [-0.2, -0.15) is 11.3 Å². The maximum Gasteiger partial charge on any atom is 0.335 e. The molecule has 1 heterocycles. The summed E-state index contributed by atoms with van der Waals surface area (Å²) in [6.45, 7) is 2.82. The van der Waals surface area contributed by atoms with Gasteiger partial charge in [-0.25, -0.2) is 4.79 Å². The molecule has 5 heteroatoms. The number of aryl methyl sites for hydroxylation is 1. The Morgan fingerprint density at radius 1 is 1.44 bits per heavy atom. The van der Waals surface area contributed by atoms with Crippen molar-refractivity contribution in [2.75, 3.05) is 5.32 Å². The molecule has 0 bridgehead atoms. The third-order valence-electron chi connectivity index (χ3n) is 2.65. The Kier molecular flexibility index (Phi) is 4.04. The van der Waals surface area contributed by atoms with Gasteiger partial charge in [0.15, 0.2) is 0 Å². The van der Waals surface area contributed by atoms with E-state index in [1.807, 2.05) is 0 Å². The van der Waals surface area contributed by atoms with Crippen LogP contribution in [-0.2, 0) is 6.54 Å². The van der Waals surface area contributed by atoms with Gasteiger partial charge >= 0.3 is 5.97 Å². The van der Waals surface area contributed by atoms with Crippen LogP contribution in [0.25, 0.3) is 0 Å². The predicted molar refractivity (Wildman–Crippen MR) is 77.5 cm³/mol.